The number of allylic oxidation sites excluding steroid dienone is 4. The molecule has 0 aliphatic heterocycles. The average molecular weight is 368 g/mol. The molecule has 2 nitrogen and oxygen atoms in total. The van der Waals surface area contributed by atoms with Gasteiger partial charge >= 0.3 is 0 Å². The molecule has 1 atom stereocenters. The number of benzene rings is 1. The Morgan fingerprint density at radius 3 is 2.77 bits per heavy atom. The number of hydrogen-bond donors (Lipinski definition) is 0. The van der Waals surface area contributed by atoms with Crippen LogP contribution >= 0.6 is 46.3 Å². The summed E-state index contributed by atoms with van der Waals surface area (Å²) in [4.78, 5) is 17.8. The van der Waals surface area contributed by atoms with Crippen molar-refractivity contribution in [3.05, 3.63) is 64.2 Å². The zero-order chi connectivity index (χ0) is 15.5. The molecule has 2 aromatic rings. The number of alkyl halides is 1. The number of Topliss-reactive ketones (excluding diaryl/α,β-unsaturated/α-hetero) is 1. The van der Waals surface area contributed by atoms with E-state index < -0.39 is 0 Å². The van der Waals surface area contributed by atoms with E-state index in [1.165, 1.54) is 0 Å². The maximum Gasteiger partial charge on any atom is 0.194 e. The SMILES string of the molecule is O=C(C1=CC(Cl)CC=C1Cl)c1ccc(Sc2nccs2)cc1. The standard InChI is InChI=1S/C16H11Cl2NOS2/c17-11-3-6-14(18)13(9-11)15(20)10-1-4-12(5-2-10)22-16-19-7-8-21-16/h1-2,4-9,11H,3H2. The summed E-state index contributed by atoms with van der Waals surface area (Å²) in [6.07, 6.45) is 5.95. The highest BCUT2D eigenvalue weighted by Crippen LogP contribution is 2.31. The molecule has 112 valence electrons. The number of rotatable bonds is 4. The summed E-state index contributed by atoms with van der Waals surface area (Å²) in [5, 5.41) is 2.23. The zero-order valence-electron chi connectivity index (χ0n) is 11.3. The van der Waals surface area contributed by atoms with Crippen LogP contribution in [0.25, 0.3) is 0 Å². The summed E-state index contributed by atoms with van der Waals surface area (Å²) < 4.78 is 0.977. The molecule has 1 unspecified atom stereocenters. The molecule has 0 N–H and O–H groups in total. The maximum absolute atomic E-state index is 12.5. The third kappa shape index (κ3) is 3.63. The van der Waals surface area contributed by atoms with Gasteiger partial charge in [0.1, 0.15) is 0 Å². The minimum absolute atomic E-state index is 0.0996. The molecule has 1 aliphatic rings. The minimum Gasteiger partial charge on any atom is -0.289 e. The number of aromatic nitrogens is 1. The third-order valence-electron chi connectivity index (χ3n) is 3.10. The maximum atomic E-state index is 12.5. The molecule has 22 heavy (non-hydrogen) atoms. The van der Waals surface area contributed by atoms with Crippen molar-refractivity contribution in [2.45, 2.75) is 21.0 Å². The van der Waals surface area contributed by atoms with E-state index in [2.05, 4.69) is 4.98 Å². The van der Waals surface area contributed by atoms with Crippen molar-refractivity contribution in [2.24, 2.45) is 0 Å². The molecule has 0 amide bonds. The highest BCUT2D eigenvalue weighted by molar-refractivity contribution is 8.01. The van der Waals surface area contributed by atoms with Gasteiger partial charge < -0.3 is 0 Å². The van der Waals surface area contributed by atoms with Crippen LogP contribution in [0.15, 0.2) is 67.8 Å². The topological polar surface area (TPSA) is 30.0 Å². The van der Waals surface area contributed by atoms with Gasteiger partial charge in [-0.25, -0.2) is 4.98 Å². The molecular formula is C16H11Cl2NOS2. The molecule has 6 heteroatoms. The van der Waals surface area contributed by atoms with E-state index in [0.29, 0.717) is 22.6 Å². The average Bonchev–Trinajstić information content (AvgIpc) is 3.03. The van der Waals surface area contributed by atoms with Gasteiger partial charge in [0.05, 0.1) is 5.38 Å². The van der Waals surface area contributed by atoms with Crippen LogP contribution in [0.5, 0.6) is 0 Å². The molecule has 1 aliphatic carbocycles. The van der Waals surface area contributed by atoms with E-state index in [0.717, 1.165) is 9.24 Å². The van der Waals surface area contributed by atoms with Crippen LogP contribution in [0.1, 0.15) is 16.8 Å². The van der Waals surface area contributed by atoms with Crippen LogP contribution in [0.2, 0.25) is 0 Å². The number of carbonyl (C=O) groups excluding carboxylic acids is 1. The van der Waals surface area contributed by atoms with Gasteiger partial charge in [-0.15, -0.1) is 22.9 Å². The predicted octanol–water partition coefficient (Wildman–Crippen LogP) is 5.54. The van der Waals surface area contributed by atoms with E-state index >= 15 is 0 Å². The molecule has 3 rings (SSSR count). The first-order valence-corrected chi connectivity index (χ1v) is 9.08. The number of carbonyl (C=O) groups is 1. The second-order valence-corrected chi connectivity index (χ2v) is 7.82. The van der Waals surface area contributed by atoms with Crippen molar-refractivity contribution in [1.29, 1.82) is 0 Å². The Labute approximate surface area is 146 Å². The van der Waals surface area contributed by atoms with E-state index in [-0.39, 0.29) is 11.2 Å². The van der Waals surface area contributed by atoms with Crippen molar-refractivity contribution in [1.82, 2.24) is 4.98 Å². The normalized spacial score (nSPS) is 17.8. The first-order valence-electron chi connectivity index (χ1n) is 6.57. The monoisotopic (exact) mass is 367 g/mol. The fourth-order valence-electron chi connectivity index (χ4n) is 2.03. The Kier molecular flexibility index (Phi) is 5.03. The number of hydrogen-bond acceptors (Lipinski definition) is 4. The second-order valence-electron chi connectivity index (χ2n) is 4.64. The van der Waals surface area contributed by atoms with Crippen molar-refractivity contribution >= 4 is 52.1 Å². The highest BCUT2D eigenvalue weighted by Gasteiger charge is 2.20. The lowest BCUT2D eigenvalue weighted by atomic mass is 9.98. The number of thiazole rings is 1. The summed E-state index contributed by atoms with van der Waals surface area (Å²) in [6.45, 7) is 0. The molecule has 0 spiro atoms. The minimum atomic E-state index is -0.179. The first-order chi connectivity index (χ1) is 10.6. The van der Waals surface area contributed by atoms with Crippen LogP contribution in [0, 0.1) is 0 Å². The van der Waals surface area contributed by atoms with E-state index in [4.69, 9.17) is 23.2 Å². The molecule has 0 radical (unpaired) electrons. The van der Waals surface area contributed by atoms with Crippen molar-refractivity contribution in [2.75, 3.05) is 0 Å². The smallest absolute Gasteiger partial charge is 0.194 e. The largest absolute Gasteiger partial charge is 0.289 e. The van der Waals surface area contributed by atoms with Crippen molar-refractivity contribution < 1.29 is 4.79 Å². The highest BCUT2D eigenvalue weighted by atomic mass is 35.5. The third-order valence-corrected chi connectivity index (χ3v) is 5.66. The van der Waals surface area contributed by atoms with E-state index in [1.807, 2.05) is 17.5 Å². The van der Waals surface area contributed by atoms with Crippen LogP contribution in [0.3, 0.4) is 0 Å². The number of nitrogens with zero attached hydrogens (tertiary/aromatic N) is 1. The number of ketones is 1. The van der Waals surface area contributed by atoms with Gasteiger partial charge in [-0.05, 0) is 30.7 Å². The summed E-state index contributed by atoms with van der Waals surface area (Å²) in [7, 11) is 0. The van der Waals surface area contributed by atoms with E-state index in [1.54, 1.807) is 53.6 Å². The van der Waals surface area contributed by atoms with Gasteiger partial charge in [-0.3, -0.25) is 4.79 Å². The molecule has 0 saturated carbocycles. The molecule has 1 aromatic carbocycles. The Balaban J connectivity index is 1.78. The van der Waals surface area contributed by atoms with Gasteiger partial charge in [0.25, 0.3) is 0 Å². The zero-order valence-corrected chi connectivity index (χ0v) is 14.5. The quantitative estimate of drug-likeness (QED) is 0.524. The fourth-order valence-corrected chi connectivity index (χ4v) is 4.08. The molecule has 0 fully saturated rings. The van der Waals surface area contributed by atoms with Crippen LogP contribution in [-0.2, 0) is 0 Å². The lowest BCUT2D eigenvalue weighted by Crippen LogP contribution is -2.10. The molecular weight excluding hydrogens is 357 g/mol. The Hall–Kier alpha value is -1.07. The summed E-state index contributed by atoms with van der Waals surface area (Å²) in [5.41, 5.74) is 1.08. The van der Waals surface area contributed by atoms with Gasteiger partial charge in [-0.1, -0.05) is 35.5 Å². The van der Waals surface area contributed by atoms with Gasteiger partial charge in [-0.2, -0.15) is 0 Å². The summed E-state index contributed by atoms with van der Waals surface area (Å²) >= 11 is 15.4. The molecule has 1 heterocycles. The van der Waals surface area contributed by atoms with Gasteiger partial charge in [0.15, 0.2) is 10.1 Å². The van der Waals surface area contributed by atoms with Crippen LogP contribution in [-0.4, -0.2) is 16.1 Å². The lowest BCUT2D eigenvalue weighted by molar-refractivity contribution is 0.103. The van der Waals surface area contributed by atoms with Gasteiger partial charge in [0.2, 0.25) is 0 Å². The number of halogens is 2. The van der Waals surface area contributed by atoms with Gasteiger partial charge in [0, 0.05) is 32.6 Å². The Bertz CT molecular complexity index is 736. The van der Waals surface area contributed by atoms with Crippen LogP contribution in [0.4, 0.5) is 0 Å². The van der Waals surface area contributed by atoms with Crippen molar-refractivity contribution in [3.63, 3.8) is 0 Å². The lowest BCUT2D eigenvalue weighted by Gasteiger charge is -2.13. The predicted molar refractivity (Wildman–Crippen MR) is 93.3 cm³/mol. The first kappa shape index (κ1) is 15.8. The summed E-state index contributed by atoms with van der Waals surface area (Å²) in [6, 6.07) is 7.44. The summed E-state index contributed by atoms with van der Waals surface area (Å²) in [5.74, 6) is -0.0996. The van der Waals surface area contributed by atoms with Crippen LogP contribution < -0.4 is 0 Å². The Morgan fingerprint density at radius 1 is 1.32 bits per heavy atom. The fraction of sp³-hybridized carbons (Fsp3) is 0.125. The molecule has 0 saturated heterocycles. The molecule has 0 bridgehead atoms. The van der Waals surface area contributed by atoms with Crippen molar-refractivity contribution in [3.8, 4) is 0 Å². The Morgan fingerprint density at radius 2 is 2.09 bits per heavy atom. The molecule has 1 aromatic heterocycles. The second kappa shape index (κ2) is 7.01. The van der Waals surface area contributed by atoms with E-state index in [9.17, 15) is 4.79 Å².